The maximum atomic E-state index is 11.2. The molecule has 1 heterocycles. The van der Waals surface area contributed by atoms with Gasteiger partial charge in [0.1, 0.15) is 11.6 Å². The standard InChI is InChI=1S/C18H30N4O2/c1-18(2,3)17-21-14(11-24-4)9-15(22-17)20-10-12-5-7-13(8-6-12)16(19)23/h9,12-13H,5-8,10-11H2,1-4H3,(H2,19,23)(H,20,21,22). The van der Waals surface area contributed by atoms with Crippen molar-refractivity contribution in [1.82, 2.24) is 9.97 Å². The van der Waals surface area contributed by atoms with Gasteiger partial charge in [-0.25, -0.2) is 9.97 Å². The summed E-state index contributed by atoms with van der Waals surface area (Å²) in [6.45, 7) is 7.65. The number of hydrogen-bond acceptors (Lipinski definition) is 5. The summed E-state index contributed by atoms with van der Waals surface area (Å²) < 4.78 is 5.22. The fourth-order valence-electron chi connectivity index (χ4n) is 3.05. The summed E-state index contributed by atoms with van der Waals surface area (Å²) in [5, 5.41) is 3.45. The predicted molar refractivity (Wildman–Crippen MR) is 94.6 cm³/mol. The number of anilines is 1. The van der Waals surface area contributed by atoms with Gasteiger partial charge in [-0.3, -0.25) is 4.79 Å². The van der Waals surface area contributed by atoms with E-state index in [4.69, 9.17) is 10.5 Å². The summed E-state index contributed by atoms with van der Waals surface area (Å²) in [5.41, 5.74) is 6.17. The van der Waals surface area contributed by atoms with Gasteiger partial charge in [-0.15, -0.1) is 0 Å². The first kappa shape index (κ1) is 18.6. The lowest BCUT2D eigenvalue weighted by Gasteiger charge is -2.27. The van der Waals surface area contributed by atoms with E-state index in [0.29, 0.717) is 12.5 Å². The van der Waals surface area contributed by atoms with Gasteiger partial charge in [0.2, 0.25) is 5.91 Å². The fourth-order valence-corrected chi connectivity index (χ4v) is 3.05. The van der Waals surface area contributed by atoms with E-state index in [1.165, 1.54) is 0 Å². The molecule has 0 bridgehead atoms. The summed E-state index contributed by atoms with van der Waals surface area (Å²) in [6, 6.07) is 1.95. The first-order valence-electron chi connectivity index (χ1n) is 8.70. The average molecular weight is 334 g/mol. The Morgan fingerprint density at radius 2 is 1.96 bits per heavy atom. The molecule has 1 aromatic rings. The molecule has 1 aliphatic carbocycles. The number of nitrogens with zero attached hydrogens (tertiary/aromatic N) is 2. The highest BCUT2D eigenvalue weighted by molar-refractivity contribution is 5.76. The zero-order chi connectivity index (χ0) is 17.7. The highest BCUT2D eigenvalue weighted by Gasteiger charge is 2.25. The normalized spacial score (nSPS) is 21.5. The number of ether oxygens (including phenoxy) is 1. The van der Waals surface area contributed by atoms with E-state index in [1.807, 2.05) is 6.07 Å². The van der Waals surface area contributed by atoms with Crippen molar-refractivity contribution in [3.8, 4) is 0 Å². The zero-order valence-corrected chi connectivity index (χ0v) is 15.3. The largest absolute Gasteiger partial charge is 0.378 e. The molecule has 0 radical (unpaired) electrons. The molecule has 1 aromatic heterocycles. The maximum Gasteiger partial charge on any atom is 0.220 e. The van der Waals surface area contributed by atoms with Gasteiger partial charge >= 0.3 is 0 Å². The van der Waals surface area contributed by atoms with Gasteiger partial charge in [0.05, 0.1) is 12.3 Å². The number of nitrogens with two attached hydrogens (primary N) is 1. The molecule has 0 atom stereocenters. The van der Waals surface area contributed by atoms with E-state index in [1.54, 1.807) is 7.11 Å². The van der Waals surface area contributed by atoms with Crippen LogP contribution in [0.15, 0.2) is 6.07 Å². The van der Waals surface area contributed by atoms with Crippen LogP contribution in [0.3, 0.4) is 0 Å². The molecule has 2 rings (SSSR count). The predicted octanol–water partition coefficient (Wildman–Crippen LogP) is 2.62. The molecule has 0 aliphatic heterocycles. The van der Waals surface area contributed by atoms with Crippen LogP contribution in [0.5, 0.6) is 0 Å². The average Bonchev–Trinajstić information content (AvgIpc) is 2.52. The first-order chi connectivity index (χ1) is 11.3. The lowest BCUT2D eigenvalue weighted by Crippen LogP contribution is -2.29. The Balaban J connectivity index is 1.99. The highest BCUT2D eigenvalue weighted by Crippen LogP contribution is 2.29. The molecular formula is C18H30N4O2. The summed E-state index contributed by atoms with van der Waals surface area (Å²) >= 11 is 0. The van der Waals surface area contributed by atoms with Crippen molar-refractivity contribution in [3.63, 3.8) is 0 Å². The molecule has 3 N–H and O–H groups in total. The van der Waals surface area contributed by atoms with E-state index in [9.17, 15) is 4.79 Å². The van der Waals surface area contributed by atoms with Gasteiger partial charge in [0.25, 0.3) is 0 Å². The van der Waals surface area contributed by atoms with Gasteiger partial charge < -0.3 is 15.8 Å². The summed E-state index contributed by atoms with van der Waals surface area (Å²) in [4.78, 5) is 20.5. The number of carbonyl (C=O) groups is 1. The molecule has 1 amide bonds. The monoisotopic (exact) mass is 334 g/mol. The second-order valence-electron chi connectivity index (χ2n) is 7.75. The second kappa shape index (κ2) is 7.92. The number of amides is 1. The lowest BCUT2D eigenvalue weighted by molar-refractivity contribution is -0.122. The van der Waals surface area contributed by atoms with Crippen molar-refractivity contribution in [3.05, 3.63) is 17.6 Å². The van der Waals surface area contributed by atoms with Crippen LogP contribution >= 0.6 is 0 Å². The summed E-state index contributed by atoms with van der Waals surface area (Å²) in [7, 11) is 1.67. The smallest absolute Gasteiger partial charge is 0.220 e. The molecule has 0 spiro atoms. The Labute approximate surface area is 144 Å². The number of methoxy groups -OCH3 is 1. The Morgan fingerprint density at radius 3 is 2.50 bits per heavy atom. The van der Waals surface area contributed by atoms with Crippen LogP contribution < -0.4 is 11.1 Å². The SMILES string of the molecule is COCc1cc(NCC2CCC(C(N)=O)CC2)nc(C(C)(C)C)n1. The number of hydrogen-bond donors (Lipinski definition) is 2. The molecule has 24 heavy (non-hydrogen) atoms. The van der Waals surface area contributed by atoms with Crippen LogP contribution in [-0.4, -0.2) is 29.5 Å². The van der Waals surface area contributed by atoms with E-state index in [0.717, 1.165) is 49.6 Å². The van der Waals surface area contributed by atoms with E-state index in [-0.39, 0.29) is 17.2 Å². The van der Waals surface area contributed by atoms with Crippen LogP contribution in [0.25, 0.3) is 0 Å². The third-order valence-corrected chi connectivity index (χ3v) is 4.56. The molecule has 1 fully saturated rings. The van der Waals surface area contributed by atoms with Crippen LogP contribution in [-0.2, 0) is 21.6 Å². The Kier molecular flexibility index (Phi) is 6.15. The van der Waals surface area contributed by atoms with E-state index in [2.05, 4.69) is 36.1 Å². The van der Waals surface area contributed by atoms with Crippen molar-refractivity contribution >= 4 is 11.7 Å². The van der Waals surface area contributed by atoms with Crippen molar-refractivity contribution in [2.45, 2.75) is 58.5 Å². The van der Waals surface area contributed by atoms with E-state index < -0.39 is 0 Å². The van der Waals surface area contributed by atoms with E-state index >= 15 is 0 Å². The Morgan fingerprint density at radius 1 is 1.29 bits per heavy atom. The molecule has 0 saturated heterocycles. The zero-order valence-electron chi connectivity index (χ0n) is 15.3. The third kappa shape index (κ3) is 5.16. The molecule has 1 saturated carbocycles. The van der Waals surface area contributed by atoms with Crippen molar-refractivity contribution in [1.29, 1.82) is 0 Å². The van der Waals surface area contributed by atoms with Crippen molar-refractivity contribution < 1.29 is 9.53 Å². The Bertz CT molecular complexity index is 561. The van der Waals surface area contributed by atoms with Crippen LogP contribution in [0.2, 0.25) is 0 Å². The minimum absolute atomic E-state index is 0.0566. The van der Waals surface area contributed by atoms with Crippen molar-refractivity contribution in [2.24, 2.45) is 17.6 Å². The summed E-state index contributed by atoms with van der Waals surface area (Å²) in [6.07, 6.45) is 3.85. The second-order valence-corrected chi connectivity index (χ2v) is 7.75. The van der Waals surface area contributed by atoms with Crippen LogP contribution in [0.4, 0.5) is 5.82 Å². The van der Waals surface area contributed by atoms with Crippen LogP contribution in [0.1, 0.15) is 58.0 Å². The third-order valence-electron chi connectivity index (χ3n) is 4.56. The molecule has 6 nitrogen and oxygen atoms in total. The van der Waals surface area contributed by atoms with Gasteiger partial charge in [-0.05, 0) is 31.6 Å². The fraction of sp³-hybridized carbons (Fsp3) is 0.722. The number of aromatic nitrogens is 2. The highest BCUT2D eigenvalue weighted by atomic mass is 16.5. The number of nitrogens with one attached hydrogen (secondary N) is 1. The van der Waals surface area contributed by atoms with Crippen LogP contribution in [0, 0.1) is 11.8 Å². The molecule has 0 unspecified atom stereocenters. The van der Waals surface area contributed by atoms with Gasteiger partial charge in [-0.2, -0.15) is 0 Å². The number of primary amides is 1. The first-order valence-corrected chi connectivity index (χ1v) is 8.70. The topological polar surface area (TPSA) is 90.1 Å². The minimum atomic E-state index is -0.156. The van der Waals surface area contributed by atoms with Gasteiger partial charge in [0, 0.05) is 31.1 Å². The number of rotatable bonds is 6. The maximum absolute atomic E-state index is 11.2. The molecular weight excluding hydrogens is 304 g/mol. The minimum Gasteiger partial charge on any atom is -0.378 e. The molecule has 1 aliphatic rings. The quantitative estimate of drug-likeness (QED) is 0.834. The number of carbonyl (C=O) groups excluding carboxylic acids is 1. The van der Waals surface area contributed by atoms with Crippen molar-refractivity contribution in [2.75, 3.05) is 19.0 Å². The lowest BCUT2D eigenvalue weighted by atomic mass is 9.81. The molecule has 134 valence electrons. The molecule has 6 heteroatoms. The Hall–Kier alpha value is -1.69. The molecule has 0 aromatic carbocycles. The van der Waals surface area contributed by atoms with Gasteiger partial charge in [-0.1, -0.05) is 20.8 Å². The van der Waals surface area contributed by atoms with Gasteiger partial charge in [0.15, 0.2) is 0 Å². The summed E-state index contributed by atoms with van der Waals surface area (Å²) in [5.74, 6) is 2.12.